The van der Waals surface area contributed by atoms with E-state index in [9.17, 15) is 0 Å². The van der Waals surface area contributed by atoms with Crippen LogP contribution in [0.25, 0.3) is 5.65 Å². The Balaban J connectivity index is 1.66. The Morgan fingerprint density at radius 2 is 2.11 bits per heavy atom. The van der Waals surface area contributed by atoms with Gasteiger partial charge in [0.1, 0.15) is 0 Å². The van der Waals surface area contributed by atoms with Crippen LogP contribution in [0.1, 0.15) is 19.3 Å². The van der Waals surface area contributed by atoms with Gasteiger partial charge in [0.15, 0.2) is 5.65 Å². The number of nitrogens with zero attached hydrogens (tertiary/aromatic N) is 4. The van der Waals surface area contributed by atoms with E-state index < -0.39 is 0 Å². The van der Waals surface area contributed by atoms with Gasteiger partial charge in [0.2, 0.25) is 5.95 Å². The second kappa shape index (κ2) is 4.35. The van der Waals surface area contributed by atoms with Gasteiger partial charge in [-0.3, -0.25) is 0 Å². The fourth-order valence-electron chi connectivity index (χ4n) is 3.10. The lowest BCUT2D eigenvalue weighted by atomic mass is 10.1. The molecule has 100 valence electrons. The van der Waals surface area contributed by atoms with Crippen molar-refractivity contribution in [2.45, 2.75) is 31.3 Å². The third kappa shape index (κ3) is 2.07. The van der Waals surface area contributed by atoms with Crippen molar-refractivity contribution in [2.24, 2.45) is 0 Å². The van der Waals surface area contributed by atoms with Crippen molar-refractivity contribution < 1.29 is 0 Å². The highest BCUT2D eigenvalue weighted by molar-refractivity contribution is 6.30. The van der Waals surface area contributed by atoms with Gasteiger partial charge in [0.25, 0.3) is 0 Å². The zero-order chi connectivity index (χ0) is 12.8. The van der Waals surface area contributed by atoms with E-state index in [0.717, 1.165) is 24.7 Å². The standard InChI is InChI=1S/C13H16ClN5/c14-9-1-4-12-16-13(17-19(12)7-9)18-6-5-10-2-3-11(8-18)15-10/h1,4,7,10-11,15H,2-3,5-6,8H2. The van der Waals surface area contributed by atoms with Gasteiger partial charge in [-0.2, -0.15) is 4.98 Å². The first-order chi connectivity index (χ1) is 9.28. The van der Waals surface area contributed by atoms with Crippen LogP contribution in [-0.2, 0) is 0 Å². The van der Waals surface area contributed by atoms with Crippen molar-refractivity contribution in [1.29, 1.82) is 0 Å². The Labute approximate surface area is 116 Å². The number of aromatic nitrogens is 3. The van der Waals surface area contributed by atoms with E-state index in [1.165, 1.54) is 19.3 Å². The number of rotatable bonds is 1. The number of halogens is 1. The molecule has 2 unspecified atom stereocenters. The number of hydrogen-bond acceptors (Lipinski definition) is 4. The lowest BCUT2D eigenvalue weighted by Crippen LogP contribution is -2.35. The maximum Gasteiger partial charge on any atom is 0.245 e. The molecule has 1 N–H and O–H groups in total. The highest BCUT2D eigenvalue weighted by Gasteiger charge is 2.30. The molecule has 2 aliphatic heterocycles. The van der Waals surface area contributed by atoms with E-state index in [1.807, 2.05) is 12.1 Å². The largest absolute Gasteiger partial charge is 0.338 e. The van der Waals surface area contributed by atoms with Crippen LogP contribution >= 0.6 is 11.6 Å². The van der Waals surface area contributed by atoms with Gasteiger partial charge >= 0.3 is 0 Å². The minimum atomic E-state index is 0.586. The van der Waals surface area contributed by atoms with Gasteiger partial charge in [0.05, 0.1) is 5.02 Å². The lowest BCUT2D eigenvalue weighted by Gasteiger charge is -2.22. The molecule has 0 spiro atoms. The Kier molecular flexibility index (Phi) is 2.63. The molecular weight excluding hydrogens is 262 g/mol. The predicted octanol–water partition coefficient (Wildman–Crippen LogP) is 1.71. The number of hydrogen-bond donors (Lipinski definition) is 1. The van der Waals surface area contributed by atoms with E-state index in [1.54, 1.807) is 10.7 Å². The maximum atomic E-state index is 5.98. The summed E-state index contributed by atoms with van der Waals surface area (Å²) in [6.45, 7) is 2.03. The van der Waals surface area contributed by atoms with Gasteiger partial charge in [-0.25, -0.2) is 4.52 Å². The second-order valence-corrected chi connectivity index (χ2v) is 5.87. The molecule has 0 aromatic carbocycles. The van der Waals surface area contributed by atoms with E-state index in [-0.39, 0.29) is 0 Å². The average molecular weight is 278 g/mol. The third-order valence-corrected chi connectivity index (χ3v) is 4.31. The van der Waals surface area contributed by atoms with E-state index in [4.69, 9.17) is 11.6 Å². The van der Waals surface area contributed by atoms with Gasteiger partial charge in [0, 0.05) is 31.4 Å². The van der Waals surface area contributed by atoms with E-state index in [0.29, 0.717) is 17.1 Å². The molecule has 2 aromatic rings. The third-order valence-electron chi connectivity index (χ3n) is 4.09. The second-order valence-electron chi connectivity index (χ2n) is 5.43. The summed E-state index contributed by atoms with van der Waals surface area (Å²) in [7, 11) is 0. The van der Waals surface area contributed by atoms with Crippen LogP contribution in [0.3, 0.4) is 0 Å². The smallest absolute Gasteiger partial charge is 0.245 e. The van der Waals surface area contributed by atoms with Gasteiger partial charge in [-0.15, -0.1) is 5.10 Å². The molecule has 4 rings (SSSR count). The summed E-state index contributed by atoms with van der Waals surface area (Å²) in [5.74, 6) is 0.816. The molecule has 0 radical (unpaired) electrons. The Bertz CT molecular complexity index is 610. The lowest BCUT2D eigenvalue weighted by molar-refractivity contribution is 0.563. The van der Waals surface area contributed by atoms with Crippen LogP contribution in [-0.4, -0.2) is 39.8 Å². The molecule has 0 amide bonds. The summed E-state index contributed by atoms with van der Waals surface area (Å²) >= 11 is 5.98. The molecule has 2 atom stereocenters. The predicted molar refractivity (Wildman–Crippen MR) is 74.8 cm³/mol. The van der Waals surface area contributed by atoms with Crippen LogP contribution in [0.4, 0.5) is 5.95 Å². The van der Waals surface area contributed by atoms with Gasteiger partial charge in [-0.1, -0.05) is 11.6 Å². The van der Waals surface area contributed by atoms with Gasteiger partial charge in [-0.05, 0) is 31.4 Å². The van der Waals surface area contributed by atoms with Gasteiger partial charge < -0.3 is 10.2 Å². The van der Waals surface area contributed by atoms with Crippen LogP contribution in [0, 0.1) is 0 Å². The normalized spacial score (nSPS) is 26.9. The fraction of sp³-hybridized carbons (Fsp3) is 0.538. The molecule has 2 fully saturated rings. The first kappa shape index (κ1) is 11.5. The molecule has 2 bridgehead atoms. The molecule has 2 saturated heterocycles. The number of nitrogens with one attached hydrogen (secondary N) is 1. The number of anilines is 1. The van der Waals surface area contributed by atoms with Crippen molar-refractivity contribution in [3.05, 3.63) is 23.4 Å². The number of pyridine rings is 1. The van der Waals surface area contributed by atoms with Crippen molar-refractivity contribution in [1.82, 2.24) is 19.9 Å². The van der Waals surface area contributed by atoms with Crippen molar-refractivity contribution >= 4 is 23.2 Å². The summed E-state index contributed by atoms with van der Waals surface area (Å²) in [5.41, 5.74) is 0.849. The van der Waals surface area contributed by atoms with Crippen LogP contribution < -0.4 is 10.2 Å². The monoisotopic (exact) mass is 277 g/mol. The summed E-state index contributed by atoms with van der Waals surface area (Å²) in [6, 6.07) is 5.02. The van der Waals surface area contributed by atoms with Crippen molar-refractivity contribution in [3.63, 3.8) is 0 Å². The molecule has 0 saturated carbocycles. The summed E-state index contributed by atoms with van der Waals surface area (Å²) in [5, 5.41) is 8.89. The summed E-state index contributed by atoms with van der Waals surface area (Å²) < 4.78 is 1.76. The van der Waals surface area contributed by atoms with Crippen molar-refractivity contribution in [2.75, 3.05) is 18.0 Å². The Morgan fingerprint density at radius 1 is 1.21 bits per heavy atom. The highest BCUT2D eigenvalue weighted by atomic mass is 35.5. The molecular formula is C13H16ClN5. The van der Waals surface area contributed by atoms with Crippen LogP contribution in [0.5, 0.6) is 0 Å². The molecule has 0 aliphatic carbocycles. The quantitative estimate of drug-likeness (QED) is 0.862. The average Bonchev–Trinajstić information content (AvgIpc) is 2.92. The SMILES string of the molecule is Clc1ccc2nc(N3CCC4CCC(C3)N4)nn2c1. The zero-order valence-electron chi connectivity index (χ0n) is 10.6. The molecule has 2 aromatic heterocycles. The molecule has 5 nitrogen and oxygen atoms in total. The van der Waals surface area contributed by atoms with Crippen LogP contribution in [0.2, 0.25) is 5.02 Å². The topological polar surface area (TPSA) is 45.5 Å². The molecule has 6 heteroatoms. The minimum Gasteiger partial charge on any atom is -0.338 e. The highest BCUT2D eigenvalue weighted by Crippen LogP contribution is 2.23. The van der Waals surface area contributed by atoms with Crippen molar-refractivity contribution in [3.8, 4) is 0 Å². The van der Waals surface area contributed by atoms with E-state index in [2.05, 4.69) is 20.3 Å². The number of fused-ring (bicyclic) bond motifs is 3. The Morgan fingerprint density at radius 3 is 3.05 bits per heavy atom. The molecule has 19 heavy (non-hydrogen) atoms. The van der Waals surface area contributed by atoms with Crippen LogP contribution in [0.15, 0.2) is 18.3 Å². The van der Waals surface area contributed by atoms with E-state index >= 15 is 0 Å². The first-order valence-corrected chi connectivity index (χ1v) is 7.19. The molecule has 2 aliphatic rings. The minimum absolute atomic E-state index is 0.586. The first-order valence-electron chi connectivity index (χ1n) is 6.81. The maximum absolute atomic E-state index is 5.98. The Hall–Kier alpha value is -1.33. The summed E-state index contributed by atoms with van der Waals surface area (Å²) in [6.07, 6.45) is 5.55. The molecule has 4 heterocycles. The zero-order valence-corrected chi connectivity index (χ0v) is 11.3. The summed E-state index contributed by atoms with van der Waals surface area (Å²) in [4.78, 5) is 6.88. The fourth-order valence-corrected chi connectivity index (χ4v) is 3.26.